The lowest BCUT2D eigenvalue weighted by Crippen LogP contribution is -2.54. The van der Waals surface area contributed by atoms with Crippen molar-refractivity contribution in [2.45, 2.75) is 45.2 Å². The third kappa shape index (κ3) is 3.85. The summed E-state index contributed by atoms with van der Waals surface area (Å²) in [4.78, 5) is 63.0. The molecule has 2 aliphatic heterocycles. The molecule has 1 atom stereocenters. The van der Waals surface area contributed by atoms with Crippen molar-refractivity contribution in [1.29, 1.82) is 0 Å². The maximum Gasteiger partial charge on any atom is 0.407 e. The molecule has 3 rings (SSSR count). The maximum atomic E-state index is 13.0. The molecule has 3 N–H and O–H groups in total. The summed E-state index contributed by atoms with van der Waals surface area (Å²) in [6, 6.07) is 3.70. The number of imide groups is 2. The Kier molecular flexibility index (Phi) is 5.51. The van der Waals surface area contributed by atoms with Crippen LogP contribution in [-0.2, 0) is 9.59 Å². The fourth-order valence-corrected chi connectivity index (χ4v) is 3.68. The molecule has 1 unspecified atom stereocenters. The average Bonchev–Trinajstić information content (AvgIpc) is 2.89. The van der Waals surface area contributed by atoms with Gasteiger partial charge in [-0.25, -0.2) is 4.79 Å². The largest absolute Gasteiger partial charge is 0.465 e. The number of carbonyl (C=O) groups excluding carboxylic acids is 4. The molecule has 0 aliphatic carbocycles. The number of amides is 5. The molecular weight excluding hydrogens is 392 g/mol. The quantitative estimate of drug-likeness (QED) is 0.615. The number of benzene rings is 1. The first-order chi connectivity index (χ1) is 14.0. The first-order valence-electron chi connectivity index (χ1n) is 9.61. The predicted octanol–water partition coefficient (Wildman–Crippen LogP) is 1.28. The molecule has 2 heterocycles. The lowest BCUT2D eigenvalue weighted by atomic mass is 10.0. The van der Waals surface area contributed by atoms with E-state index in [1.54, 1.807) is 32.9 Å². The zero-order chi connectivity index (χ0) is 22.2. The zero-order valence-electron chi connectivity index (χ0n) is 17.0. The number of nitrogens with zero attached hydrogens (tertiary/aromatic N) is 2. The molecule has 10 heteroatoms. The average molecular weight is 416 g/mol. The van der Waals surface area contributed by atoms with Crippen LogP contribution in [0.25, 0.3) is 0 Å². The van der Waals surface area contributed by atoms with Crippen LogP contribution in [0.2, 0.25) is 0 Å². The van der Waals surface area contributed by atoms with Crippen molar-refractivity contribution in [2.24, 2.45) is 0 Å². The van der Waals surface area contributed by atoms with Gasteiger partial charge in [-0.3, -0.25) is 29.4 Å². The van der Waals surface area contributed by atoms with Gasteiger partial charge in [0.25, 0.3) is 11.8 Å². The van der Waals surface area contributed by atoms with E-state index in [2.05, 4.69) is 10.6 Å². The molecule has 0 bridgehead atoms. The van der Waals surface area contributed by atoms with Gasteiger partial charge >= 0.3 is 6.09 Å². The minimum atomic E-state index is -1.06. The van der Waals surface area contributed by atoms with Crippen LogP contribution in [0.5, 0.6) is 0 Å². The minimum absolute atomic E-state index is 0.0484. The number of piperidine rings is 1. The van der Waals surface area contributed by atoms with Crippen molar-refractivity contribution in [3.05, 3.63) is 29.3 Å². The van der Waals surface area contributed by atoms with E-state index in [-0.39, 0.29) is 37.1 Å². The fraction of sp³-hybridized carbons (Fsp3) is 0.450. The summed E-state index contributed by atoms with van der Waals surface area (Å²) in [5.74, 6) is -2.30. The third-order valence-corrected chi connectivity index (χ3v) is 5.16. The van der Waals surface area contributed by atoms with Crippen LogP contribution < -0.4 is 10.6 Å². The molecule has 10 nitrogen and oxygen atoms in total. The van der Waals surface area contributed by atoms with E-state index in [0.29, 0.717) is 5.69 Å². The smallest absolute Gasteiger partial charge is 0.407 e. The molecule has 30 heavy (non-hydrogen) atoms. The second-order valence-electron chi connectivity index (χ2n) is 8.21. The van der Waals surface area contributed by atoms with E-state index in [0.717, 1.165) is 4.90 Å². The van der Waals surface area contributed by atoms with Crippen LogP contribution in [0.15, 0.2) is 18.2 Å². The molecule has 1 aromatic rings. The molecule has 0 spiro atoms. The lowest BCUT2D eigenvalue weighted by Gasteiger charge is -2.33. The Bertz CT molecular complexity index is 936. The number of anilines is 1. The Morgan fingerprint density at radius 3 is 2.53 bits per heavy atom. The second kappa shape index (κ2) is 7.77. The van der Waals surface area contributed by atoms with Crippen molar-refractivity contribution in [2.75, 3.05) is 18.4 Å². The Morgan fingerprint density at radius 2 is 1.93 bits per heavy atom. The normalized spacial score (nSPS) is 18.9. The summed E-state index contributed by atoms with van der Waals surface area (Å²) in [5, 5.41) is 14.6. The van der Waals surface area contributed by atoms with E-state index in [4.69, 9.17) is 0 Å². The van der Waals surface area contributed by atoms with Crippen molar-refractivity contribution in [1.82, 2.24) is 15.1 Å². The first-order valence-corrected chi connectivity index (χ1v) is 9.61. The first kappa shape index (κ1) is 21.3. The highest BCUT2D eigenvalue weighted by atomic mass is 16.4. The fourth-order valence-electron chi connectivity index (χ4n) is 3.68. The Morgan fingerprint density at radius 1 is 1.23 bits per heavy atom. The molecular formula is C20H24N4O6. The van der Waals surface area contributed by atoms with Crippen LogP contribution >= 0.6 is 0 Å². The molecule has 0 radical (unpaired) electrons. The van der Waals surface area contributed by atoms with Crippen LogP contribution in [0.3, 0.4) is 0 Å². The highest BCUT2D eigenvalue weighted by Crippen LogP contribution is 2.32. The van der Waals surface area contributed by atoms with E-state index < -0.39 is 41.3 Å². The van der Waals surface area contributed by atoms with Gasteiger partial charge in [0, 0.05) is 30.7 Å². The van der Waals surface area contributed by atoms with Crippen molar-refractivity contribution in [3.8, 4) is 0 Å². The van der Waals surface area contributed by atoms with Crippen LogP contribution in [0.4, 0.5) is 10.5 Å². The summed E-state index contributed by atoms with van der Waals surface area (Å²) in [5.41, 5.74) is 0.103. The van der Waals surface area contributed by atoms with E-state index in [1.807, 2.05) is 0 Å². The van der Waals surface area contributed by atoms with Gasteiger partial charge in [0.2, 0.25) is 11.8 Å². The van der Waals surface area contributed by atoms with Gasteiger partial charge in [-0.2, -0.15) is 0 Å². The second-order valence-corrected chi connectivity index (χ2v) is 8.21. The minimum Gasteiger partial charge on any atom is -0.465 e. The molecule has 0 aromatic heterocycles. The highest BCUT2D eigenvalue weighted by Gasteiger charge is 2.45. The van der Waals surface area contributed by atoms with Gasteiger partial charge in [-0.15, -0.1) is 0 Å². The molecule has 1 fully saturated rings. The SMILES string of the molecule is CC(C)(C)N(CCNc1cccc2c1C(=O)N(C1CCC(=O)NC1=O)C2=O)C(=O)O. The van der Waals surface area contributed by atoms with Gasteiger partial charge in [0.1, 0.15) is 6.04 Å². The van der Waals surface area contributed by atoms with Crippen molar-refractivity contribution in [3.63, 3.8) is 0 Å². The third-order valence-electron chi connectivity index (χ3n) is 5.16. The number of fused-ring (bicyclic) bond motifs is 1. The van der Waals surface area contributed by atoms with Gasteiger partial charge in [-0.1, -0.05) is 6.07 Å². The predicted molar refractivity (Wildman–Crippen MR) is 106 cm³/mol. The molecule has 0 saturated carbocycles. The number of nitrogens with one attached hydrogen (secondary N) is 2. The van der Waals surface area contributed by atoms with Crippen LogP contribution in [0.1, 0.15) is 54.3 Å². The number of hydrogen-bond acceptors (Lipinski definition) is 6. The Labute approximate surface area is 173 Å². The van der Waals surface area contributed by atoms with Gasteiger partial charge in [0.05, 0.1) is 11.1 Å². The highest BCUT2D eigenvalue weighted by molar-refractivity contribution is 6.25. The van der Waals surface area contributed by atoms with Gasteiger partial charge in [0.15, 0.2) is 0 Å². The standard InChI is InChI=1S/C20H24N4O6/c1-20(2,3)23(19(29)30)10-9-21-12-6-4-5-11-15(12)18(28)24(17(11)27)13-7-8-14(25)22-16(13)26/h4-6,13,21H,7-10H2,1-3H3,(H,29,30)(H,22,25,26). The van der Waals surface area contributed by atoms with E-state index in [9.17, 15) is 29.1 Å². The lowest BCUT2D eigenvalue weighted by molar-refractivity contribution is -0.136. The number of carbonyl (C=O) groups is 5. The zero-order valence-corrected chi connectivity index (χ0v) is 17.0. The topological polar surface area (TPSA) is 136 Å². The Hall–Kier alpha value is -3.43. The molecule has 2 aliphatic rings. The molecule has 1 aromatic carbocycles. The molecule has 1 saturated heterocycles. The summed E-state index contributed by atoms with van der Waals surface area (Å²) < 4.78 is 0. The number of hydrogen-bond donors (Lipinski definition) is 3. The van der Waals surface area contributed by atoms with E-state index in [1.165, 1.54) is 11.0 Å². The van der Waals surface area contributed by atoms with Crippen LogP contribution in [0, 0.1) is 0 Å². The Balaban J connectivity index is 1.79. The number of rotatable bonds is 5. The summed E-state index contributed by atoms with van der Waals surface area (Å²) >= 11 is 0. The molecule has 5 amide bonds. The summed E-state index contributed by atoms with van der Waals surface area (Å²) in [7, 11) is 0. The monoisotopic (exact) mass is 416 g/mol. The maximum absolute atomic E-state index is 13.0. The summed E-state index contributed by atoms with van der Waals surface area (Å²) in [6.07, 6.45) is -0.928. The summed E-state index contributed by atoms with van der Waals surface area (Å²) in [6.45, 7) is 5.73. The van der Waals surface area contributed by atoms with E-state index >= 15 is 0 Å². The van der Waals surface area contributed by atoms with Crippen molar-refractivity contribution < 1.29 is 29.1 Å². The number of carboxylic acid groups (broad SMARTS) is 1. The van der Waals surface area contributed by atoms with Gasteiger partial charge in [-0.05, 0) is 39.3 Å². The van der Waals surface area contributed by atoms with Crippen LogP contribution in [-0.4, -0.2) is 69.3 Å². The molecule has 160 valence electrons. The van der Waals surface area contributed by atoms with Gasteiger partial charge < -0.3 is 15.3 Å². The van der Waals surface area contributed by atoms with Crippen molar-refractivity contribution >= 4 is 35.4 Å².